The van der Waals surface area contributed by atoms with Gasteiger partial charge in [0.2, 0.25) is 0 Å². The second kappa shape index (κ2) is 4.61. The molecule has 2 heterocycles. The Labute approximate surface area is 92.3 Å². The maximum Gasteiger partial charge on any atom is 0.266 e. The van der Waals surface area contributed by atoms with E-state index in [0.717, 1.165) is 12.2 Å². The molecular weight excluding hydrogens is 206 g/mol. The van der Waals surface area contributed by atoms with Crippen LogP contribution < -0.4 is 10.9 Å². The zero-order chi connectivity index (χ0) is 11.4. The zero-order valence-electron chi connectivity index (χ0n) is 8.92. The molecule has 0 saturated carbocycles. The van der Waals surface area contributed by atoms with Gasteiger partial charge in [0.1, 0.15) is 0 Å². The Hall–Kier alpha value is -2.11. The topological polar surface area (TPSA) is 75.6 Å². The van der Waals surface area contributed by atoms with Gasteiger partial charge in [-0.1, -0.05) is 0 Å². The minimum Gasteiger partial charge on any atom is -0.379 e. The maximum atomic E-state index is 11.0. The number of H-pyrrole nitrogens is 1. The first-order chi connectivity index (χ1) is 7.74. The minimum atomic E-state index is -0.208. The quantitative estimate of drug-likeness (QED) is 0.783. The summed E-state index contributed by atoms with van der Waals surface area (Å²) in [4.78, 5) is 15.0. The molecule has 6 nitrogen and oxygen atoms in total. The van der Waals surface area contributed by atoms with Gasteiger partial charge >= 0.3 is 0 Å². The maximum absolute atomic E-state index is 11.0. The lowest BCUT2D eigenvalue weighted by atomic mass is 10.3. The average molecular weight is 219 g/mol. The van der Waals surface area contributed by atoms with Crippen molar-refractivity contribution >= 4 is 5.69 Å². The highest BCUT2D eigenvalue weighted by atomic mass is 16.1. The van der Waals surface area contributed by atoms with E-state index in [9.17, 15) is 4.79 Å². The number of rotatable bonds is 4. The van der Waals surface area contributed by atoms with E-state index < -0.39 is 0 Å². The Balaban J connectivity index is 1.97. The van der Waals surface area contributed by atoms with Crippen molar-refractivity contribution in [1.82, 2.24) is 19.7 Å². The molecule has 16 heavy (non-hydrogen) atoms. The third kappa shape index (κ3) is 2.69. The number of anilines is 1. The average Bonchev–Trinajstić information content (AvgIpc) is 2.70. The van der Waals surface area contributed by atoms with Gasteiger partial charge in [-0.3, -0.25) is 4.79 Å². The number of aromatic amines is 1. The van der Waals surface area contributed by atoms with Gasteiger partial charge in [0.15, 0.2) is 0 Å². The summed E-state index contributed by atoms with van der Waals surface area (Å²) in [6.45, 7) is 2.81. The van der Waals surface area contributed by atoms with Crippen LogP contribution in [0.5, 0.6) is 0 Å². The third-order valence-electron chi connectivity index (χ3n) is 2.12. The summed E-state index contributed by atoms with van der Waals surface area (Å²) in [7, 11) is 0. The molecular formula is C10H13N5O. The number of nitrogens with zero attached hydrogens (tertiary/aromatic N) is 3. The van der Waals surface area contributed by atoms with E-state index in [1.165, 1.54) is 6.07 Å². The van der Waals surface area contributed by atoms with Crippen molar-refractivity contribution in [2.75, 3.05) is 5.32 Å². The zero-order valence-corrected chi connectivity index (χ0v) is 8.92. The van der Waals surface area contributed by atoms with Gasteiger partial charge in [0.05, 0.1) is 18.2 Å². The van der Waals surface area contributed by atoms with Crippen molar-refractivity contribution in [2.45, 2.75) is 19.5 Å². The van der Waals surface area contributed by atoms with Gasteiger partial charge in [0, 0.05) is 31.0 Å². The van der Waals surface area contributed by atoms with Gasteiger partial charge in [-0.05, 0) is 6.92 Å². The Morgan fingerprint density at radius 1 is 1.62 bits per heavy atom. The van der Waals surface area contributed by atoms with Crippen LogP contribution in [0.25, 0.3) is 0 Å². The summed E-state index contributed by atoms with van der Waals surface area (Å²) in [5.41, 5.74) is 0.510. The molecule has 0 aromatic carbocycles. The number of hydrogen-bond donors (Lipinski definition) is 2. The molecule has 0 radical (unpaired) electrons. The smallest absolute Gasteiger partial charge is 0.266 e. The minimum absolute atomic E-state index is 0.192. The van der Waals surface area contributed by atoms with Crippen molar-refractivity contribution in [3.8, 4) is 0 Å². The third-order valence-corrected chi connectivity index (χ3v) is 2.12. The number of aromatic nitrogens is 4. The lowest BCUT2D eigenvalue weighted by molar-refractivity contribution is 0.618. The van der Waals surface area contributed by atoms with Crippen LogP contribution in [0.4, 0.5) is 5.69 Å². The Morgan fingerprint density at radius 2 is 2.50 bits per heavy atom. The molecule has 0 aliphatic rings. The van der Waals surface area contributed by atoms with Crippen LogP contribution in [0.15, 0.2) is 35.8 Å². The number of hydrogen-bond acceptors (Lipinski definition) is 4. The Morgan fingerprint density at radius 3 is 3.19 bits per heavy atom. The molecule has 0 aliphatic carbocycles. The lowest BCUT2D eigenvalue weighted by Crippen LogP contribution is -2.22. The van der Waals surface area contributed by atoms with E-state index in [0.29, 0.717) is 0 Å². The second-order valence-electron chi connectivity index (χ2n) is 3.64. The summed E-state index contributed by atoms with van der Waals surface area (Å²) in [6, 6.07) is 1.68. The first-order valence-electron chi connectivity index (χ1n) is 5.01. The molecule has 1 unspecified atom stereocenters. The van der Waals surface area contributed by atoms with Crippen LogP contribution in [-0.4, -0.2) is 25.8 Å². The summed E-state index contributed by atoms with van der Waals surface area (Å²) in [5, 5.41) is 9.23. The second-order valence-corrected chi connectivity index (χ2v) is 3.64. The van der Waals surface area contributed by atoms with E-state index in [2.05, 4.69) is 20.5 Å². The fourth-order valence-corrected chi connectivity index (χ4v) is 1.50. The van der Waals surface area contributed by atoms with Crippen LogP contribution in [0.3, 0.4) is 0 Å². The van der Waals surface area contributed by atoms with Gasteiger partial charge in [-0.2, -0.15) is 5.10 Å². The molecule has 6 heteroatoms. The molecule has 0 bridgehead atoms. The fraction of sp³-hybridized carbons (Fsp3) is 0.300. The van der Waals surface area contributed by atoms with Crippen molar-refractivity contribution in [2.24, 2.45) is 0 Å². The van der Waals surface area contributed by atoms with E-state index in [4.69, 9.17) is 0 Å². The van der Waals surface area contributed by atoms with Gasteiger partial charge < -0.3 is 9.88 Å². The molecule has 2 aromatic rings. The van der Waals surface area contributed by atoms with E-state index in [1.54, 1.807) is 18.7 Å². The summed E-state index contributed by atoms with van der Waals surface area (Å²) in [6.07, 6.45) is 6.98. The molecule has 0 spiro atoms. The van der Waals surface area contributed by atoms with E-state index in [1.807, 2.05) is 17.7 Å². The monoisotopic (exact) mass is 219 g/mol. The van der Waals surface area contributed by atoms with Gasteiger partial charge in [-0.25, -0.2) is 10.1 Å². The number of imidazole rings is 1. The van der Waals surface area contributed by atoms with Crippen molar-refractivity contribution < 1.29 is 0 Å². The molecule has 0 amide bonds. The summed E-state index contributed by atoms with van der Waals surface area (Å²) < 4.78 is 1.97. The fourth-order valence-electron chi connectivity index (χ4n) is 1.50. The highest BCUT2D eigenvalue weighted by Crippen LogP contribution is 2.03. The van der Waals surface area contributed by atoms with Crippen molar-refractivity contribution in [3.05, 3.63) is 41.3 Å². The highest BCUT2D eigenvalue weighted by molar-refractivity contribution is 5.39. The van der Waals surface area contributed by atoms with Crippen LogP contribution in [0, 0.1) is 0 Å². The van der Waals surface area contributed by atoms with Crippen LogP contribution in [-0.2, 0) is 6.54 Å². The highest BCUT2D eigenvalue weighted by Gasteiger charge is 2.03. The summed E-state index contributed by atoms with van der Waals surface area (Å²) in [5.74, 6) is 0. The molecule has 84 valence electrons. The predicted molar refractivity (Wildman–Crippen MR) is 60.2 cm³/mol. The van der Waals surface area contributed by atoms with E-state index in [-0.39, 0.29) is 11.6 Å². The Kier molecular flexibility index (Phi) is 3.00. The molecule has 2 aromatic heterocycles. The largest absolute Gasteiger partial charge is 0.379 e. The van der Waals surface area contributed by atoms with Crippen LogP contribution in [0.2, 0.25) is 0 Å². The normalized spacial score (nSPS) is 12.3. The van der Waals surface area contributed by atoms with Crippen molar-refractivity contribution in [3.63, 3.8) is 0 Å². The number of nitrogens with one attached hydrogen (secondary N) is 2. The standard InChI is InChI=1S/C10H13N5O/c1-8(6-15-3-2-11-7-15)13-9-4-10(16)14-12-5-9/h2-5,7-8H,6H2,1H3,(H2,13,14,16). The van der Waals surface area contributed by atoms with Crippen LogP contribution in [0.1, 0.15) is 6.92 Å². The van der Waals surface area contributed by atoms with Gasteiger partial charge in [0.25, 0.3) is 5.56 Å². The molecule has 0 aliphatic heterocycles. The lowest BCUT2D eigenvalue weighted by Gasteiger charge is -2.14. The van der Waals surface area contributed by atoms with Crippen molar-refractivity contribution in [1.29, 1.82) is 0 Å². The van der Waals surface area contributed by atoms with Crippen LogP contribution >= 0.6 is 0 Å². The molecule has 2 N–H and O–H groups in total. The first kappa shape index (κ1) is 10.4. The SMILES string of the molecule is CC(Cn1ccnc1)Nc1cn[nH]c(=O)c1. The summed E-state index contributed by atoms with van der Waals surface area (Å²) >= 11 is 0. The molecule has 0 fully saturated rings. The first-order valence-corrected chi connectivity index (χ1v) is 5.01. The Bertz CT molecular complexity index is 490. The van der Waals surface area contributed by atoms with E-state index >= 15 is 0 Å². The van der Waals surface area contributed by atoms with Gasteiger partial charge in [-0.15, -0.1) is 0 Å². The predicted octanol–water partition coefficient (Wildman–Crippen LogP) is 0.467. The molecule has 1 atom stereocenters. The molecule has 2 rings (SSSR count). The molecule has 0 saturated heterocycles.